The minimum atomic E-state index is -1.04. The smallest absolute Gasteiger partial charge is 0.344 e. The largest absolute Gasteiger partial charge is 0.497 e. The molecule has 0 aromatic heterocycles. The van der Waals surface area contributed by atoms with E-state index in [9.17, 15) is 9.59 Å². The van der Waals surface area contributed by atoms with E-state index in [1.54, 1.807) is 36.4 Å². The fourth-order valence-electron chi connectivity index (χ4n) is 2.16. The summed E-state index contributed by atoms with van der Waals surface area (Å²) in [6, 6.07) is 9.84. The van der Waals surface area contributed by atoms with E-state index in [1.165, 1.54) is 21.1 Å². The summed E-state index contributed by atoms with van der Waals surface area (Å²) >= 11 is 9.14. The standard InChI is InChI=1S/C19H19BrClNO6/c1-11(19(24)22-15-9-13(25-2)5-7-17(15)26-3)28-18(23)10-27-16-6-4-12(21)8-14(16)20/h4-9,11H,10H2,1-3H3,(H,22,24). The third-order valence-electron chi connectivity index (χ3n) is 3.58. The Morgan fingerprint density at radius 3 is 2.46 bits per heavy atom. The molecule has 2 aromatic carbocycles. The summed E-state index contributed by atoms with van der Waals surface area (Å²) in [4.78, 5) is 24.3. The highest BCUT2D eigenvalue weighted by atomic mass is 79.9. The summed E-state index contributed by atoms with van der Waals surface area (Å²) < 4.78 is 21.4. The average Bonchev–Trinajstić information content (AvgIpc) is 2.67. The number of ether oxygens (including phenoxy) is 4. The molecule has 1 amide bonds. The van der Waals surface area contributed by atoms with Gasteiger partial charge in [0.1, 0.15) is 17.2 Å². The summed E-state index contributed by atoms with van der Waals surface area (Å²) in [5.74, 6) is 0.209. The van der Waals surface area contributed by atoms with Crippen LogP contribution in [0.4, 0.5) is 5.69 Å². The molecule has 0 aliphatic heterocycles. The second-order valence-electron chi connectivity index (χ2n) is 5.55. The summed E-state index contributed by atoms with van der Waals surface area (Å²) in [6.07, 6.45) is -1.04. The average molecular weight is 473 g/mol. The molecule has 0 bridgehead atoms. The number of hydrogen-bond donors (Lipinski definition) is 1. The van der Waals surface area contributed by atoms with E-state index in [0.29, 0.717) is 32.4 Å². The highest BCUT2D eigenvalue weighted by molar-refractivity contribution is 9.10. The van der Waals surface area contributed by atoms with Crippen molar-refractivity contribution in [2.75, 3.05) is 26.1 Å². The molecule has 7 nitrogen and oxygen atoms in total. The Hall–Kier alpha value is -2.45. The first-order chi connectivity index (χ1) is 13.3. The molecule has 0 saturated carbocycles. The Morgan fingerprint density at radius 2 is 1.82 bits per heavy atom. The van der Waals surface area contributed by atoms with Crippen LogP contribution in [0.2, 0.25) is 5.02 Å². The minimum Gasteiger partial charge on any atom is -0.497 e. The number of halogens is 2. The molecule has 0 aliphatic carbocycles. The van der Waals surface area contributed by atoms with Crippen LogP contribution in [0.1, 0.15) is 6.92 Å². The number of rotatable bonds is 8. The van der Waals surface area contributed by atoms with Crippen molar-refractivity contribution < 1.29 is 28.5 Å². The third-order valence-corrected chi connectivity index (χ3v) is 4.44. The molecule has 0 saturated heterocycles. The molecule has 1 atom stereocenters. The van der Waals surface area contributed by atoms with Crippen LogP contribution < -0.4 is 19.5 Å². The normalized spacial score (nSPS) is 11.3. The number of esters is 1. The third kappa shape index (κ3) is 6.03. The number of hydrogen-bond acceptors (Lipinski definition) is 6. The Balaban J connectivity index is 1.92. The zero-order valence-corrected chi connectivity index (χ0v) is 17.8. The van der Waals surface area contributed by atoms with Gasteiger partial charge in [-0.15, -0.1) is 0 Å². The van der Waals surface area contributed by atoms with Crippen molar-refractivity contribution in [1.29, 1.82) is 0 Å². The summed E-state index contributed by atoms with van der Waals surface area (Å²) in [6.45, 7) is 1.10. The van der Waals surface area contributed by atoms with Crippen LogP contribution in [0, 0.1) is 0 Å². The maximum absolute atomic E-state index is 12.3. The molecule has 9 heteroatoms. The van der Waals surface area contributed by atoms with Gasteiger partial charge >= 0.3 is 5.97 Å². The maximum Gasteiger partial charge on any atom is 0.344 e. The molecule has 0 spiro atoms. The van der Waals surface area contributed by atoms with Crippen LogP contribution in [-0.4, -0.2) is 38.8 Å². The number of amides is 1. The lowest BCUT2D eigenvalue weighted by atomic mass is 10.2. The molecule has 1 unspecified atom stereocenters. The fourth-order valence-corrected chi connectivity index (χ4v) is 2.96. The van der Waals surface area contributed by atoms with Gasteiger partial charge in [-0.2, -0.15) is 0 Å². The predicted octanol–water partition coefficient (Wildman–Crippen LogP) is 4.07. The Morgan fingerprint density at radius 1 is 1.11 bits per heavy atom. The van der Waals surface area contributed by atoms with Crippen molar-refractivity contribution in [3.05, 3.63) is 45.9 Å². The summed E-state index contributed by atoms with van der Waals surface area (Å²) in [5, 5.41) is 3.17. The molecule has 28 heavy (non-hydrogen) atoms. The van der Waals surface area contributed by atoms with Gasteiger partial charge in [0.2, 0.25) is 0 Å². The van der Waals surface area contributed by atoms with Gasteiger partial charge in [-0.1, -0.05) is 11.6 Å². The van der Waals surface area contributed by atoms with Crippen molar-refractivity contribution in [1.82, 2.24) is 0 Å². The summed E-state index contributed by atoms with van der Waals surface area (Å²) in [7, 11) is 2.99. The molecule has 2 aromatic rings. The first kappa shape index (κ1) is 21.8. The number of carbonyl (C=O) groups excluding carboxylic acids is 2. The first-order valence-electron chi connectivity index (χ1n) is 8.14. The van der Waals surface area contributed by atoms with Crippen molar-refractivity contribution in [2.45, 2.75) is 13.0 Å². The highest BCUT2D eigenvalue weighted by Crippen LogP contribution is 2.29. The molecule has 0 radical (unpaired) electrons. The topological polar surface area (TPSA) is 83.1 Å². The fraction of sp³-hybridized carbons (Fsp3) is 0.263. The molecular weight excluding hydrogens is 454 g/mol. The minimum absolute atomic E-state index is 0.361. The van der Waals surface area contributed by atoms with Crippen LogP contribution in [0.15, 0.2) is 40.9 Å². The van der Waals surface area contributed by atoms with E-state index in [0.717, 1.165) is 0 Å². The first-order valence-corrected chi connectivity index (χ1v) is 9.31. The lowest BCUT2D eigenvalue weighted by Gasteiger charge is -2.16. The van der Waals surface area contributed by atoms with Crippen LogP contribution in [0.5, 0.6) is 17.2 Å². The second kappa shape index (κ2) is 10.2. The van der Waals surface area contributed by atoms with Crippen molar-refractivity contribution in [2.24, 2.45) is 0 Å². The number of nitrogens with one attached hydrogen (secondary N) is 1. The van der Waals surface area contributed by atoms with Gasteiger partial charge in [0.05, 0.1) is 24.4 Å². The maximum atomic E-state index is 12.3. The Kier molecular flexibility index (Phi) is 7.95. The lowest BCUT2D eigenvalue weighted by Crippen LogP contribution is -2.31. The van der Waals surface area contributed by atoms with Gasteiger partial charge in [-0.25, -0.2) is 4.79 Å². The van der Waals surface area contributed by atoms with E-state index in [1.807, 2.05) is 0 Å². The van der Waals surface area contributed by atoms with Gasteiger partial charge in [-0.3, -0.25) is 4.79 Å². The summed E-state index contributed by atoms with van der Waals surface area (Å²) in [5.41, 5.74) is 0.399. The molecular formula is C19H19BrClNO6. The van der Waals surface area contributed by atoms with Crippen molar-refractivity contribution in [3.8, 4) is 17.2 Å². The number of anilines is 1. The van der Waals surface area contributed by atoms with Gasteiger partial charge in [0.15, 0.2) is 12.7 Å². The zero-order valence-electron chi connectivity index (χ0n) is 15.5. The second-order valence-corrected chi connectivity index (χ2v) is 6.84. The van der Waals surface area contributed by atoms with Crippen molar-refractivity contribution in [3.63, 3.8) is 0 Å². The monoisotopic (exact) mass is 471 g/mol. The molecule has 150 valence electrons. The molecule has 2 rings (SSSR count). The SMILES string of the molecule is COc1ccc(OC)c(NC(=O)C(C)OC(=O)COc2ccc(Cl)cc2Br)c1. The quantitative estimate of drug-likeness (QED) is 0.583. The van der Waals surface area contributed by atoms with Crippen molar-refractivity contribution >= 4 is 45.1 Å². The molecule has 0 fully saturated rings. The van der Waals surface area contributed by atoms with E-state index in [4.69, 9.17) is 30.5 Å². The predicted molar refractivity (Wildman–Crippen MR) is 108 cm³/mol. The van der Waals surface area contributed by atoms with Crippen LogP contribution in [0.25, 0.3) is 0 Å². The Bertz CT molecular complexity index is 860. The van der Waals surface area contributed by atoms with Gasteiger partial charge in [0, 0.05) is 11.1 Å². The molecule has 0 aliphatic rings. The van der Waals surface area contributed by atoms with Crippen LogP contribution in [0.3, 0.4) is 0 Å². The number of benzene rings is 2. The van der Waals surface area contributed by atoms with E-state index in [-0.39, 0.29) is 6.61 Å². The van der Waals surface area contributed by atoms with E-state index < -0.39 is 18.0 Å². The van der Waals surface area contributed by atoms with Gasteiger partial charge in [-0.05, 0) is 53.2 Å². The molecule has 1 N–H and O–H groups in total. The zero-order chi connectivity index (χ0) is 20.7. The van der Waals surface area contributed by atoms with Gasteiger partial charge < -0.3 is 24.3 Å². The number of carbonyl (C=O) groups is 2. The van der Waals surface area contributed by atoms with E-state index >= 15 is 0 Å². The highest BCUT2D eigenvalue weighted by Gasteiger charge is 2.20. The van der Waals surface area contributed by atoms with Crippen LogP contribution in [-0.2, 0) is 14.3 Å². The van der Waals surface area contributed by atoms with Gasteiger partial charge in [0.25, 0.3) is 5.91 Å². The molecule has 0 heterocycles. The van der Waals surface area contributed by atoms with Crippen LogP contribution >= 0.6 is 27.5 Å². The Labute approximate surface area is 176 Å². The lowest BCUT2D eigenvalue weighted by molar-refractivity contribution is -0.155. The van der Waals surface area contributed by atoms with E-state index in [2.05, 4.69) is 21.2 Å². The number of methoxy groups -OCH3 is 2.